The number of aromatic nitrogens is 1. The molecule has 1 saturated heterocycles. The van der Waals surface area contributed by atoms with Gasteiger partial charge in [-0.2, -0.15) is 0 Å². The molecule has 1 aromatic carbocycles. The minimum absolute atomic E-state index is 0. The van der Waals surface area contributed by atoms with Crippen LogP contribution >= 0.6 is 35.3 Å². The Balaban J connectivity index is 0.00000320. The van der Waals surface area contributed by atoms with Crippen molar-refractivity contribution in [3.05, 3.63) is 51.5 Å². The Morgan fingerprint density at radius 3 is 2.80 bits per heavy atom. The minimum atomic E-state index is 0. The van der Waals surface area contributed by atoms with Crippen molar-refractivity contribution in [2.75, 3.05) is 26.3 Å². The fourth-order valence-corrected chi connectivity index (χ4v) is 3.87. The van der Waals surface area contributed by atoms with Crippen molar-refractivity contribution in [3.63, 3.8) is 0 Å². The molecular weight excluding hydrogens is 511 g/mol. The predicted octanol–water partition coefficient (Wildman–Crippen LogP) is 4.06. The Hall–Kier alpha value is -1.23. The number of nitrogens with zero attached hydrogens (tertiary/aromatic N) is 2. The van der Waals surface area contributed by atoms with Crippen LogP contribution in [0.2, 0.25) is 0 Å². The smallest absolute Gasteiger partial charge is 0.191 e. The molecule has 2 N–H and O–H groups in total. The van der Waals surface area contributed by atoms with Gasteiger partial charge in [-0.05, 0) is 37.8 Å². The molecule has 0 bridgehead atoms. The average Bonchev–Trinajstić information content (AvgIpc) is 3.16. The predicted molar refractivity (Wildman–Crippen MR) is 134 cm³/mol. The number of benzene rings is 1. The van der Waals surface area contributed by atoms with Crippen molar-refractivity contribution in [1.29, 1.82) is 0 Å². The first-order chi connectivity index (χ1) is 14.2. The van der Waals surface area contributed by atoms with Gasteiger partial charge in [0.1, 0.15) is 0 Å². The summed E-state index contributed by atoms with van der Waals surface area (Å²) in [6, 6.07) is 8.50. The van der Waals surface area contributed by atoms with Crippen molar-refractivity contribution in [2.45, 2.75) is 52.4 Å². The SMILES string of the molecule is CCNC(=NCc1cccc(COC2CCOCC2)c1)NCCc1csc(C)n1.I. The van der Waals surface area contributed by atoms with Gasteiger partial charge in [0.25, 0.3) is 0 Å². The maximum atomic E-state index is 6.04. The first-order valence-electron chi connectivity index (χ1n) is 10.4. The second-order valence-corrected chi connectivity index (χ2v) is 8.23. The zero-order chi connectivity index (χ0) is 20.3. The zero-order valence-electron chi connectivity index (χ0n) is 17.9. The van der Waals surface area contributed by atoms with Crippen LogP contribution in [0.1, 0.15) is 41.6 Å². The number of halogens is 1. The molecule has 3 rings (SSSR count). The third kappa shape index (κ3) is 8.87. The van der Waals surface area contributed by atoms with Gasteiger partial charge in [0.15, 0.2) is 5.96 Å². The van der Waals surface area contributed by atoms with Gasteiger partial charge in [-0.3, -0.25) is 0 Å². The van der Waals surface area contributed by atoms with E-state index in [0.29, 0.717) is 19.3 Å². The van der Waals surface area contributed by atoms with Gasteiger partial charge in [0.05, 0.1) is 30.0 Å². The highest BCUT2D eigenvalue weighted by molar-refractivity contribution is 14.0. The molecule has 1 fully saturated rings. The number of ether oxygens (including phenoxy) is 2. The Morgan fingerprint density at radius 1 is 1.27 bits per heavy atom. The zero-order valence-corrected chi connectivity index (χ0v) is 21.0. The van der Waals surface area contributed by atoms with Crippen LogP contribution < -0.4 is 10.6 Å². The first kappa shape index (κ1) is 25.0. The topological polar surface area (TPSA) is 67.8 Å². The van der Waals surface area contributed by atoms with Crippen LogP contribution in [-0.4, -0.2) is 43.4 Å². The number of hydrogen-bond donors (Lipinski definition) is 2. The third-order valence-electron chi connectivity index (χ3n) is 4.75. The molecule has 2 heterocycles. The van der Waals surface area contributed by atoms with E-state index in [1.165, 1.54) is 11.1 Å². The molecule has 1 aliphatic rings. The molecule has 30 heavy (non-hydrogen) atoms. The summed E-state index contributed by atoms with van der Waals surface area (Å²) in [5, 5.41) is 9.94. The molecule has 0 aliphatic carbocycles. The lowest BCUT2D eigenvalue weighted by Gasteiger charge is -2.22. The van der Waals surface area contributed by atoms with Crippen LogP contribution in [-0.2, 0) is 29.0 Å². The Bertz CT molecular complexity index is 778. The van der Waals surface area contributed by atoms with E-state index in [1.54, 1.807) is 11.3 Å². The van der Waals surface area contributed by atoms with E-state index in [4.69, 9.17) is 14.5 Å². The Morgan fingerprint density at radius 2 is 2.07 bits per heavy atom. The second kappa shape index (κ2) is 14.0. The number of rotatable bonds is 9. The lowest BCUT2D eigenvalue weighted by Crippen LogP contribution is -2.38. The van der Waals surface area contributed by atoms with Crippen LogP contribution in [0.3, 0.4) is 0 Å². The largest absolute Gasteiger partial charge is 0.381 e. The maximum absolute atomic E-state index is 6.04. The van der Waals surface area contributed by atoms with Crippen LogP contribution in [0.25, 0.3) is 0 Å². The maximum Gasteiger partial charge on any atom is 0.191 e. The quantitative estimate of drug-likeness (QED) is 0.283. The van der Waals surface area contributed by atoms with Crippen LogP contribution in [0.4, 0.5) is 0 Å². The number of guanidine groups is 1. The summed E-state index contributed by atoms with van der Waals surface area (Å²) in [6.45, 7) is 8.66. The molecule has 0 spiro atoms. The molecular formula is C22H33IN4O2S. The van der Waals surface area contributed by atoms with Gasteiger partial charge in [0.2, 0.25) is 0 Å². The van der Waals surface area contributed by atoms with Gasteiger partial charge >= 0.3 is 0 Å². The van der Waals surface area contributed by atoms with E-state index >= 15 is 0 Å². The van der Waals surface area contributed by atoms with Gasteiger partial charge in [-0.15, -0.1) is 35.3 Å². The lowest BCUT2D eigenvalue weighted by atomic mass is 10.1. The standard InChI is InChI=1S/C22H32N4O2S.HI/c1-3-23-22(24-10-7-20-16-29-17(2)26-20)25-14-18-5-4-6-19(13-18)15-28-21-8-11-27-12-9-21;/h4-6,13,16,21H,3,7-12,14-15H2,1-2H3,(H2,23,24,25);1H. The van der Waals surface area contributed by atoms with E-state index < -0.39 is 0 Å². The molecule has 6 nitrogen and oxygen atoms in total. The fourth-order valence-electron chi connectivity index (χ4n) is 3.22. The fraction of sp³-hybridized carbons (Fsp3) is 0.545. The van der Waals surface area contributed by atoms with Crippen molar-refractivity contribution < 1.29 is 9.47 Å². The molecule has 0 saturated carbocycles. The highest BCUT2D eigenvalue weighted by atomic mass is 127. The molecule has 0 unspecified atom stereocenters. The molecule has 166 valence electrons. The molecule has 0 atom stereocenters. The average molecular weight is 545 g/mol. The number of nitrogens with one attached hydrogen (secondary N) is 2. The number of aliphatic imine (C=N–C) groups is 1. The van der Waals surface area contributed by atoms with Gasteiger partial charge < -0.3 is 20.1 Å². The summed E-state index contributed by atoms with van der Waals surface area (Å²) in [5.74, 6) is 0.836. The van der Waals surface area contributed by atoms with E-state index in [0.717, 1.165) is 62.2 Å². The van der Waals surface area contributed by atoms with Gasteiger partial charge in [0, 0.05) is 38.1 Å². The Kier molecular flexibility index (Phi) is 11.6. The Labute approximate surface area is 200 Å². The van der Waals surface area contributed by atoms with E-state index in [1.807, 2.05) is 6.92 Å². The summed E-state index contributed by atoms with van der Waals surface area (Å²) in [7, 11) is 0. The van der Waals surface area contributed by atoms with Crippen molar-refractivity contribution in [3.8, 4) is 0 Å². The number of thiazole rings is 1. The lowest BCUT2D eigenvalue weighted by molar-refractivity contribution is -0.0390. The third-order valence-corrected chi connectivity index (χ3v) is 5.57. The van der Waals surface area contributed by atoms with Crippen LogP contribution in [0.5, 0.6) is 0 Å². The summed E-state index contributed by atoms with van der Waals surface area (Å²) >= 11 is 1.69. The summed E-state index contributed by atoms with van der Waals surface area (Å²) in [6.07, 6.45) is 3.19. The van der Waals surface area contributed by atoms with E-state index in [2.05, 4.69) is 52.2 Å². The second-order valence-electron chi connectivity index (χ2n) is 7.17. The van der Waals surface area contributed by atoms with Crippen LogP contribution in [0.15, 0.2) is 34.6 Å². The highest BCUT2D eigenvalue weighted by Crippen LogP contribution is 2.14. The molecule has 2 aromatic rings. The van der Waals surface area contributed by atoms with Crippen molar-refractivity contribution in [1.82, 2.24) is 15.6 Å². The van der Waals surface area contributed by atoms with E-state index in [-0.39, 0.29) is 24.0 Å². The van der Waals surface area contributed by atoms with Crippen molar-refractivity contribution in [2.24, 2.45) is 4.99 Å². The summed E-state index contributed by atoms with van der Waals surface area (Å²) in [5.41, 5.74) is 3.51. The normalized spacial score (nSPS) is 14.9. The minimum Gasteiger partial charge on any atom is -0.381 e. The molecule has 8 heteroatoms. The van der Waals surface area contributed by atoms with Crippen LogP contribution in [0, 0.1) is 6.92 Å². The first-order valence-corrected chi connectivity index (χ1v) is 11.3. The highest BCUT2D eigenvalue weighted by Gasteiger charge is 2.14. The van der Waals surface area contributed by atoms with Gasteiger partial charge in [-0.25, -0.2) is 9.98 Å². The monoisotopic (exact) mass is 544 g/mol. The summed E-state index contributed by atoms with van der Waals surface area (Å²) < 4.78 is 11.4. The van der Waals surface area contributed by atoms with E-state index in [9.17, 15) is 0 Å². The van der Waals surface area contributed by atoms with Gasteiger partial charge in [-0.1, -0.05) is 24.3 Å². The molecule has 1 aromatic heterocycles. The molecule has 1 aliphatic heterocycles. The molecule has 0 amide bonds. The number of aryl methyl sites for hydroxylation is 1. The van der Waals surface area contributed by atoms with Crippen molar-refractivity contribution >= 4 is 41.3 Å². The summed E-state index contributed by atoms with van der Waals surface area (Å²) in [4.78, 5) is 9.24. The molecule has 0 radical (unpaired) electrons. The number of hydrogen-bond acceptors (Lipinski definition) is 5.